The number of hydrogen-bond acceptors (Lipinski definition) is 2. The first-order chi connectivity index (χ1) is 13.2. The first-order valence-electron chi connectivity index (χ1n) is 9.82. The predicted molar refractivity (Wildman–Crippen MR) is 117 cm³/mol. The lowest BCUT2D eigenvalue weighted by atomic mass is 9.91. The molecule has 138 valence electrons. The number of nitrogens with zero attached hydrogens (tertiary/aromatic N) is 1. The van der Waals surface area contributed by atoms with E-state index >= 15 is 0 Å². The molecule has 0 radical (unpaired) electrons. The van der Waals surface area contributed by atoms with Crippen LogP contribution in [0.5, 0.6) is 0 Å². The van der Waals surface area contributed by atoms with Crippen molar-refractivity contribution in [2.75, 3.05) is 6.54 Å². The molecule has 1 aliphatic rings. The van der Waals surface area contributed by atoms with Gasteiger partial charge in [-0.2, -0.15) is 0 Å². The summed E-state index contributed by atoms with van der Waals surface area (Å²) in [6, 6.07) is 20.2. The van der Waals surface area contributed by atoms with Gasteiger partial charge in [0.1, 0.15) is 0 Å². The van der Waals surface area contributed by atoms with E-state index in [1.54, 1.807) is 16.0 Å². The molecular weight excluding hydrogens is 346 g/mol. The molecule has 0 bridgehead atoms. The van der Waals surface area contributed by atoms with Gasteiger partial charge in [-0.25, -0.2) is 0 Å². The van der Waals surface area contributed by atoms with Crippen LogP contribution in [0.15, 0.2) is 61.2 Å². The van der Waals surface area contributed by atoms with Crippen LogP contribution in [0.3, 0.4) is 0 Å². The van der Waals surface area contributed by atoms with Crippen LogP contribution < -0.4 is 0 Å². The fraction of sp³-hybridized carbons (Fsp3) is 0.280. The average molecular weight is 374 g/mol. The van der Waals surface area contributed by atoms with Gasteiger partial charge in [-0.05, 0) is 47.6 Å². The van der Waals surface area contributed by atoms with Crippen molar-refractivity contribution in [1.82, 2.24) is 4.90 Å². The summed E-state index contributed by atoms with van der Waals surface area (Å²) in [5.74, 6) is 0. The lowest BCUT2D eigenvalue weighted by Crippen LogP contribution is -2.35. The number of thiophene rings is 1. The monoisotopic (exact) mass is 373 g/mol. The Morgan fingerprint density at radius 2 is 1.85 bits per heavy atom. The average Bonchev–Trinajstić information content (AvgIpc) is 3.04. The van der Waals surface area contributed by atoms with Crippen LogP contribution in [0.4, 0.5) is 0 Å². The Hall–Kier alpha value is -2.16. The fourth-order valence-electron chi connectivity index (χ4n) is 4.32. The summed E-state index contributed by atoms with van der Waals surface area (Å²) in [5, 5.41) is 0. The molecule has 0 N–H and O–H groups in total. The summed E-state index contributed by atoms with van der Waals surface area (Å²) in [5.41, 5.74) is 7.16. The molecule has 0 saturated carbocycles. The minimum Gasteiger partial charge on any atom is -0.287 e. The summed E-state index contributed by atoms with van der Waals surface area (Å²) < 4.78 is 0. The van der Waals surface area contributed by atoms with E-state index in [-0.39, 0.29) is 0 Å². The van der Waals surface area contributed by atoms with Crippen LogP contribution in [-0.2, 0) is 19.4 Å². The molecule has 0 amide bonds. The van der Waals surface area contributed by atoms with Crippen LogP contribution in [-0.4, -0.2) is 11.4 Å². The Morgan fingerprint density at radius 3 is 2.52 bits per heavy atom. The molecule has 4 rings (SSSR count). The summed E-state index contributed by atoms with van der Waals surface area (Å²) >= 11 is 2.01. The third kappa shape index (κ3) is 3.52. The van der Waals surface area contributed by atoms with E-state index in [9.17, 15) is 0 Å². The van der Waals surface area contributed by atoms with Crippen molar-refractivity contribution in [3.63, 3.8) is 0 Å². The second-order valence-electron chi connectivity index (χ2n) is 7.31. The van der Waals surface area contributed by atoms with Gasteiger partial charge >= 0.3 is 0 Å². The number of hydrogen-bond donors (Lipinski definition) is 0. The van der Waals surface area contributed by atoms with E-state index in [0.717, 1.165) is 25.9 Å². The number of benzene rings is 2. The molecule has 3 aromatic rings. The molecule has 1 nitrogen and oxygen atoms in total. The van der Waals surface area contributed by atoms with Crippen molar-refractivity contribution < 1.29 is 0 Å². The Morgan fingerprint density at radius 1 is 1.11 bits per heavy atom. The molecule has 1 aromatic heterocycles. The topological polar surface area (TPSA) is 3.24 Å². The summed E-state index contributed by atoms with van der Waals surface area (Å²) in [6.45, 7) is 10.5. The lowest BCUT2D eigenvalue weighted by Gasteiger charge is -2.36. The molecule has 0 spiro atoms. The van der Waals surface area contributed by atoms with Gasteiger partial charge in [0, 0.05) is 22.8 Å². The fourth-order valence-corrected chi connectivity index (χ4v) is 5.78. The Labute approximate surface area is 167 Å². The van der Waals surface area contributed by atoms with Crippen LogP contribution in [0, 0.1) is 6.92 Å². The van der Waals surface area contributed by atoms with E-state index in [0.29, 0.717) is 6.04 Å². The number of rotatable bonds is 5. The predicted octanol–water partition coefficient (Wildman–Crippen LogP) is 6.41. The van der Waals surface area contributed by atoms with E-state index in [1.165, 1.54) is 21.6 Å². The Bertz CT molecular complexity index is 921. The summed E-state index contributed by atoms with van der Waals surface area (Å²) in [7, 11) is 0. The Kier molecular flexibility index (Phi) is 5.29. The first kappa shape index (κ1) is 18.2. The van der Waals surface area contributed by atoms with Gasteiger partial charge in [0.05, 0.1) is 6.04 Å². The van der Waals surface area contributed by atoms with Crippen molar-refractivity contribution in [2.45, 2.75) is 39.3 Å². The highest BCUT2D eigenvalue weighted by Crippen LogP contribution is 2.43. The second-order valence-corrected chi connectivity index (χ2v) is 8.57. The molecule has 2 aromatic carbocycles. The molecule has 0 unspecified atom stereocenters. The molecule has 1 atom stereocenters. The zero-order valence-corrected chi connectivity index (χ0v) is 17.1. The van der Waals surface area contributed by atoms with Crippen LogP contribution in [0.1, 0.15) is 50.5 Å². The Balaban J connectivity index is 1.72. The van der Waals surface area contributed by atoms with E-state index in [1.807, 2.05) is 17.4 Å². The summed E-state index contributed by atoms with van der Waals surface area (Å²) in [6.07, 6.45) is 4.21. The van der Waals surface area contributed by atoms with E-state index in [2.05, 4.69) is 79.9 Å². The molecular formula is C25H27NS. The molecule has 0 fully saturated rings. The normalized spacial score (nSPS) is 16.9. The minimum absolute atomic E-state index is 0.359. The van der Waals surface area contributed by atoms with Gasteiger partial charge in [-0.1, -0.05) is 74.2 Å². The largest absolute Gasteiger partial charge is 0.287 e. The van der Waals surface area contributed by atoms with Crippen molar-refractivity contribution >= 4 is 17.4 Å². The van der Waals surface area contributed by atoms with Crippen LogP contribution in [0.2, 0.25) is 0 Å². The van der Waals surface area contributed by atoms with Gasteiger partial charge in [-0.3, -0.25) is 4.90 Å². The molecule has 2 heterocycles. The standard InChI is InChI=1S/C25H27NS/c1-4-19-11-13-20(14-12-19)17-26-16-15-23-22(5-2)18(3)27-25(23)24(26)21-9-7-6-8-10-21/h4,6-14,24H,1,5,15-17H2,2-3H3/t24-/m1/s1. The highest BCUT2D eigenvalue weighted by molar-refractivity contribution is 7.12. The second kappa shape index (κ2) is 7.84. The van der Waals surface area contributed by atoms with Gasteiger partial charge in [-0.15, -0.1) is 11.3 Å². The van der Waals surface area contributed by atoms with Crippen molar-refractivity contribution in [3.8, 4) is 0 Å². The third-order valence-electron chi connectivity index (χ3n) is 5.68. The number of aryl methyl sites for hydroxylation is 1. The highest BCUT2D eigenvalue weighted by atomic mass is 32.1. The molecule has 0 saturated heterocycles. The van der Waals surface area contributed by atoms with Crippen LogP contribution in [0.25, 0.3) is 6.08 Å². The number of fused-ring (bicyclic) bond motifs is 1. The smallest absolute Gasteiger partial charge is 0.0702 e. The molecule has 1 aliphatic heterocycles. The third-order valence-corrected chi connectivity index (χ3v) is 6.92. The van der Waals surface area contributed by atoms with Crippen molar-refractivity contribution in [3.05, 3.63) is 98.7 Å². The molecule has 0 aliphatic carbocycles. The maximum Gasteiger partial charge on any atom is 0.0702 e. The maximum absolute atomic E-state index is 3.86. The minimum atomic E-state index is 0.359. The first-order valence-corrected chi connectivity index (χ1v) is 10.6. The van der Waals surface area contributed by atoms with E-state index < -0.39 is 0 Å². The zero-order chi connectivity index (χ0) is 18.8. The van der Waals surface area contributed by atoms with Crippen molar-refractivity contribution in [2.24, 2.45) is 0 Å². The molecule has 27 heavy (non-hydrogen) atoms. The maximum atomic E-state index is 3.86. The van der Waals surface area contributed by atoms with Gasteiger partial charge in [0.25, 0.3) is 0 Å². The lowest BCUT2D eigenvalue weighted by molar-refractivity contribution is 0.207. The van der Waals surface area contributed by atoms with Gasteiger partial charge < -0.3 is 0 Å². The quantitative estimate of drug-likeness (QED) is 0.499. The zero-order valence-electron chi connectivity index (χ0n) is 16.2. The van der Waals surface area contributed by atoms with E-state index in [4.69, 9.17) is 0 Å². The highest BCUT2D eigenvalue weighted by Gasteiger charge is 2.32. The van der Waals surface area contributed by atoms with Gasteiger partial charge in [0.2, 0.25) is 0 Å². The summed E-state index contributed by atoms with van der Waals surface area (Å²) in [4.78, 5) is 5.71. The van der Waals surface area contributed by atoms with Gasteiger partial charge in [0.15, 0.2) is 0 Å². The SMILES string of the molecule is C=Cc1ccc(CN2CCc3c(sc(C)c3CC)[C@H]2c2ccccc2)cc1. The molecule has 2 heteroatoms. The van der Waals surface area contributed by atoms with Crippen LogP contribution >= 0.6 is 11.3 Å². The van der Waals surface area contributed by atoms with Crippen molar-refractivity contribution in [1.29, 1.82) is 0 Å².